The summed E-state index contributed by atoms with van der Waals surface area (Å²) in [6, 6.07) is 12.4. The number of benzene rings is 2. The summed E-state index contributed by atoms with van der Waals surface area (Å²) in [6.45, 7) is 2.09. The van der Waals surface area contributed by atoms with Gasteiger partial charge in [-0.3, -0.25) is 4.57 Å². The summed E-state index contributed by atoms with van der Waals surface area (Å²) in [5.74, 6) is 1.53. The van der Waals surface area contributed by atoms with Gasteiger partial charge in [0, 0.05) is 21.2 Å². The smallest absolute Gasteiger partial charge is 0.115 e. The van der Waals surface area contributed by atoms with Gasteiger partial charge in [-0.25, -0.2) is 4.98 Å². The lowest BCUT2D eigenvalue weighted by molar-refractivity contribution is 0.908. The Kier molecular flexibility index (Phi) is 4.38. The van der Waals surface area contributed by atoms with Crippen LogP contribution in [0.15, 0.2) is 45.3 Å². The molecule has 21 heavy (non-hydrogen) atoms. The Hall–Kier alpha value is -0.840. The molecule has 0 fully saturated rings. The van der Waals surface area contributed by atoms with Crippen molar-refractivity contribution in [2.24, 2.45) is 0 Å². The Morgan fingerprint density at radius 3 is 2.71 bits per heavy atom. The molecule has 0 unspecified atom stereocenters. The fourth-order valence-electron chi connectivity index (χ4n) is 2.41. The van der Waals surface area contributed by atoms with Gasteiger partial charge in [-0.2, -0.15) is 0 Å². The first kappa shape index (κ1) is 15.1. The van der Waals surface area contributed by atoms with Gasteiger partial charge >= 0.3 is 0 Å². The first-order valence-corrected chi connectivity index (χ1v) is 8.71. The van der Waals surface area contributed by atoms with E-state index < -0.39 is 0 Å². The first-order valence-electron chi connectivity index (χ1n) is 6.59. The number of nitrogens with zero attached hydrogens (tertiary/aromatic N) is 2. The van der Waals surface area contributed by atoms with E-state index in [1.165, 1.54) is 5.56 Å². The van der Waals surface area contributed by atoms with E-state index in [2.05, 4.69) is 67.6 Å². The van der Waals surface area contributed by atoms with Gasteiger partial charge in [0.2, 0.25) is 0 Å². The molecule has 5 heteroatoms. The average Bonchev–Trinajstić information content (AvgIpc) is 2.79. The summed E-state index contributed by atoms with van der Waals surface area (Å²) in [4.78, 5) is 4.73. The van der Waals surface area contributed by atoms with Crippen LogP contribution in [0, 0.1) is 6.92 Å². The van der Waals surface area contributed by atoms with Gasteiger partial charge in [0.25, 0.3) is 0 Å². The molecule has 0 saturated heterocycles. The Morgan fingerprint density at radius 1 is 1.14 bits per heavy atom. The van der Waals surface area contributed by atoms with E-state index in [0.29, 0.717) is 5.88 Å². The Bertz CT molecular complexity index is 811. The quantitative estimate of drug-likeness (QED) is 0.494. The molecule has 2 aromatic carbocycles. The van der Waals surface area contributed by atoms with Crippen LogP contribution in [0.25, 0.3) is 16.7 Å². The van der Waals surface area contributed by atoms with Gasteiger partial charge in [0.1, 0.15) is 5.82 Å². The van der Waals surface area contributed by atoms with Crippen molar-refractivity contribution in [1.29, 1.82) is 0 Å². The topological polar surface area (TPSA) is 17.8 Å². The lowest BCUT2D eigenvalue weighted by Crippen LogP contribution is -2.03. The summed E-state index contributed by atoms with van der Waals surface area (Å²) in [5, 5.41) is 0. The minimum absolute atomic E-state index is 0.550. The van der Waals surface area contributed by atoms with Crippen LogP contribution in [0.4, 0.5) is 0 Å². The molecule has 0 aliphatic carbocycles. The molecule has 0 atom stereocenters. The van der Waals surface area contributed by atoms with Crippen molar-refractivity contribution in [2.45, 2.75) is 13.3 Å². The van der Waals surface area contributed by atoms with Crippen molar-refractivity contribution in [1.82, 2.24) is 9.55 Å². The third-order valence-electron chi connectivity index (χ3n) is 3.35. The van der Waals surface area contributed by atoms with Crippen LogP contribution in [-0.2, 0) is 6.42 Å². The minimum atomic E-state index is 0.550. The highest BCUT2D eigenvalue weighted by Crippen LogP contribution is 2.30. The molecular weight excluding hydrogens is 415 g/mol. The molecule has 3 rings (SSSR count). The predicted molar refractivity (Wildman–Crippen MR) is 95.6 cm³/mol. The Morgan fingerprint density at radius 2 is 1.95 bits per heavy atom. The van der Waals surface area contributed by atoms with Gasteiger partial charge in [0.15, 0.2) is 0 Å². The maximum Gasteiger partial charge on any atom is 0.115 e. The van der Waals surface area contributed by atoms with Crippen LogP contribution in [0.2, 0.25) is 0 Å². The van der Waals surface area contributed by atoms with Gasteiger partial charge < -0.3 is 0 Å². The molecule has 0 N–H and O–H groups in total. The molecule has 0 spiro atoms. The molecular formula is C16H13Br2ClN2. The van der Waals surface area contributed by atoms with E-state index in [9.17, 15) is 0 Å². The zero-order valence-corrected chi connectivity index (χ0v) is 15.3. The number of fused-ring (bicyclic) bond motifs is 1. The van der Waals surface area contributed by atoms with Crippen molar-refractivity contribution in [3.8, 4) is 5.69 Å². The minimum Gasteiger partial charge on any atom is -0.295 e. The standard InChI is InChI=1S/C16H13Br2ClN2/c1-10-2-4-12(18)14(8-10)21-15-9-11(17)3-5-13(15)20-16(21)6-7-19/h2-5,8-9H,6-7H2,1H3. The van der Waals surface area contributed by atoms with Crippen molar-refractivity contribution in [3.63, 3.8) is 0 Å². The zero-order valence-electron chi connectivity index (χ0n) is 11.4. The second-order valence-corrected chi connectivity index (χ2v) is 7.04. The molecule has 2 nitrogen and oxygen atoms in total. The molecule has 108 valence electrons. The number of halogens is 3. The highest BCUT2D eigenvalue weighted by Gasteiger charge is 2.14. The molecule has 0 aliphatic heterocycles. The summed E-state index contributed by atoms with van der Waals surface area (Å²) in [5.41, 5.74) is 4.36. The lowest BCUT2D eigenvalue weighted by Gasteiger charge is -2.12. The highest BCUT2D eigenvalue weighted by atomic mass is 79.9. The molecule has 0 saturated carbocycles. The van der Waals surface area contributed by atoms with E-state index in [1.807, 2.05) is 12.1 Å². The van der Waals surface area contributed by atoms with Crippen LogP contribution in [-0.4, -0.2) is 15.4 Å². The molecule has 0 amide bonds. The monoisotopic (exact) mass is 426 g/mol. The lowest BCUT2D eigenvalue weighted by atomic mass is 10.2. The van der Waals surface area contributed by atoms with Gasteiger partial charge in [-0.05, 0) is 58.7 Å². The van der Waals surface area contributed by atoms with Crippen LogP contribution in [0.1, 0.15) is 11.4 Å². The van der Waals surface area contributed by atoms with Crippen molar-refractivity contribution >= 4 is 54.5 Å². The van der Waals surface area contributed by atoms with E-state index in [1.54, 1.807) is 0 Å². The Labute approximate surface area is 145 Å². The largest absolute Gasteiger partial charge is 0.295 e. The van der Waals surface area contributed by atoms with Gasteiger partial charge in [0.05, 0.1) is 16.7 Å². The number of hydrogen-bond acceptors (Lipinski definition) is 1. The zero-order chi connectivity index (χ0) is 15.0. The van der Waals surface area contributed by atoms with Crippen LogP contribution in [0.3, 0.4) is 0 Å². The molecule has 0 bridgehead atoms. The van der Waals surface area contributed by atoms with Crippen LogP contribution < -0.4 is 0 Å². The average molecular weight is 429 g/mol. The number of hydrogen-bond donors (Lipinski definition) is 0. The summed E-state index contributed by atoms with van der Waals surface area (Å²) in [6.07, 6.45) is 0.730. The third-order valence-corrected chi connectivity index (χ3v) is 4.70. The second kappa shape index (κ2) is 6.11. The molecule has 1 heterocycles. The number of imidazole rings is 1. The third kappa shape index (κ3) is 2.89. The number of rotatable bonds is 3. The molecule has 1 aromatic heterocycles. The van der Waals surface area contributed by atoms with E-state index in [-0.39, 0.29) is 0 Å². The maximum absolute atomic E-state index is 5.95. The van der Waals surface area contributed by atoms with E-state index >= 15 is 0 Å². The van der Waals surface area contributed by atoms with E-state index in [0.717, 1.165) is 37.9 Å². The molecule has 0 aliphatic rings. The van der Waals surface area contributed by atoms with Crippen LogP contribution in [0.5, 0.6) is 0 Å². The normalized spacial score (nSPS) is 11.2. The SMILES string of the molecule is Cc1ccc(Br)c(-n2c(CCCl)nc3ccc(Br)cc32)c1. The highest BCUT2D eigenvalue weighted by molar-refractivity contribution is 9.10. The van der Waals surface area contributed by atoms with Crippen molar-refractivity contribution in [3.05, 3.63) is 56.7 Å². The molecule has 3 aromatic rings. The fraction of sp³-hybridized carbons (Fsp3) is 0.188. The van der Waals surface area contributed by atoms with Crippen molar-refractivity contribution < 1.29 is 0 Å². The number of aryl methyl sites for hydroxylation is 2. The number of aromatic nitrogens is 2. The van der Waals surface area contributed by atoms with Crippen LogP contribution >= 0.6 is 43.5 Å². The summed E-state index contributed by atoms with van der Waals surface area (Å²) < 4.78 is 4.26. The van der Waals surface area contributed by atoms with Crippen molar-refractivity contribution in [2.75, 3.05) is 5.88 Å². The van der Waals surface area contributed by atoms with Gasteiger partial charge in [-0.1, -0.05) is 22.0 Å². The summed E-state index contributed by atoms with van der Waals surface area (Å²) >= 11 is 13.1. The first-order chi connectivity index (χ1) is 10.1. The second-order valence-electron chi connectivity index (χ2n) is 4.89. The fourth-order valence-corrected chi connectivity index (χ4v) is 3.36. The van der Waals surface area contributed by atoms with E-state index in [4.69, 9.17) is 16.6 Å². The predicted octanol–water partition coefficient (Wildman–Crippen LogP) is 5.64. The maximum atomic E-state index is 5.95. The Balaban J connectivity index is 2.35. The number of alkyl halides is 1. The molecule has 0 radical (unpaired) electrons. The summed E-state index contributed by atoms with van der Waals surface area (Å²) in [7, 11) is 0. The van der Waals surface area contributed by atoms with Gasteiger partial charge in [-0.15, -0.1) is 11.6 Å².